The number of benzene rings is 2. The fourth-order valence-corrected chi connectivity index (χ4v) is 5.02. The molecule has 1 aliphatic rings. The number of pyridine rings is 1. The van der Waals surface area contributed by atoms with Crippen molar-refractivity contribution >= 4 is 23.0 Å². The smallest absolute Gasteiger partial charge is 0.174 e. The Hall–Kier alpha value is -3.84. The molecule has 3 heterocycles. The number of hydrogen-bond acceptors (Lipinski definition) is 4. The molecular formula is C26H24N4O2S. The lowest BCUT2D eigenvalue weighted by atomic mass is 9.96. The van der Waals surface area contributed by atoms with Gasteiger partial charge in [-0.25, -0.2) is 0 Å². The first-order chi connectivity index (χ1) is 16.0. The molecule has 0 spiro atoms. The van der Waals surface area contributed by atoms with Gasteiger partial charge in [0, 0.05) is 23.3 Å². The summed E-state index contributed by atoms with van der Waals surface area (Å²) in [5, 5.41) is 24.4. The first-order valence-electron chi connectivity index (χ1n) is 10.7. The Morgan fingerprint density at radius 1 is 0.939 bits per heavy atom. The van der Waals surface area contributed by atoms with Gasteiger partial charge in [-0.2, -0.15) is 0 Å². The first-order valence-corrected chi connectivity index (χ1v) is 11.1. The molecule has 3 N–H and O–H groups in total. The summed E-state index contributed by atoms with van der Waals surface area (Å²) in [6, 6.07) is 22.0. The van der Waals surface area contributed by atoms with E-state index in [1.807, 2.05) is 55.5 Å². The molecule has 0 bridgehead atoms. The summed E-state index contributed by atoms with van der Waals surface area (Å²) in [5.74, 6) is 0.426. The van der Waals surface area contributed by atoms with E-state index >= 15 is 0 Å². The molecule has 1 fully saturated rings. The largest absolute Gasteiger partial charge is 0.508 e. The molecule has 1 saturated heterocycles. The average molecular weight is 457 g/mol. The van der Waals surface area contributed by atoms with E-state index in [1.54, 1.807) is 24.4 Å². The number of para-hydroxylation sites is 2. The standard InChI is InChI=1S/C26H24N4O2S/c1-16-15-20(17(2)29(16)22-8-3-4-9-23(22)32)25-24(21-7-5-6-14-27-21)28-26(33)30(25)18-10-12-19(31)13-11-18/h3-15,24-25,31-32H,1-2H3,(H,28,33)/t24-,25-/m1/s1. The van der Waals surface area contributed by atoms with Crippen molar-refractivity contribution in [2.24, 2.45) is 0 Å². The normalized spacial score (nSPS) is 17.9. The highest BCUT2D eigenvalue weighted by molar-refractivity contribution is 7.80. The minimum Gasteiger partial charge on any atom is -0.508 e. The SMILES string of the molecule is Cc1cc([C@@H]2[C@@H](c3ccccn3)NC(=S)N2c2ccc(O)cc2)c(C)n1-c1ccccc1O. The van der Waals surface area contributed by atoms with Gasteiger partial charge in [-0.1, -0.05) is 18.2 Å². The van der Waals surface area contributed by atoms with Gasteiger partial charge in [-0.15, -0.1) is 0 Å². The second-order valence-corrected chi connectivity index (χ2v) is 8.55. The summed E-state index contributed by atoms with van der Waals surface area (Å²) in [5.41, 5.74) is 5.59. The van der Waals surface area contributed by atoms with Gasteiger partial charge in [0.15, 0.2) is 5.11 Å². The second kappa shape index (κ2) is 8.26. The van der Waals surface area contributed by atoms with Gasteiger partial charge in [0.2, 0.25) is 0 Å². The van der Waals surface area contributed by atoms with E-state index < -0.39 is 0 Å². The van der Waals surface area contributed by atoms with Crippen LogP contribution in [0, 0.1) is 13.8 Å². The van der Waals surface area contributed by atoms with Gasteiger partial charge >= 0.3 is 0 Å². The average Bonchev–Trinajstić information content (AvgIpc) is 3.31. The van der Waals surface area contributed by atoms with Gasteiger partial charge in [0.05, 0.1) is 23.5 Å². The number of aromatic hydroxyl groups is 2. The van der Waals surface area contributed by atoms with Crippen LogP contribution in [-0.2, 0) is 0 Å². The van der Waals surface area contributed by atoms with Gasteiger partial charge in [0.25, 0.3) is 0 Å². The fraction of sp³-hybridized carbons (Fsp3) is 0.154. The van der Waals surface area contributed by atoms with Crippen molar-refractivity contribution in [1.29, 1.82) is 0 Å². The lowest BCUT2D eigenvalue weighted by Gasteiger charge is -2.28. The highest BCUT2D eigenvalue weighted by Crippen LogP contribution is 2.44. The number of phenols is 2. The van der Waals surface area contributed by atoms with Crippen molar-refractivity contribution < 1.29 is 10.2 Å². The number of nitrogens with one attached hydrogen (secondary N) is 1. The van der Waals surface area contributed by atoms with Gasteiger partial charge in [-0.3, -0.25) is 4.98 Å². The van der Waals surface area contributed by atoms with E-state index in [4.69, 9.17) is 12.2 Å². The van der Waals surface area contributed by atoms with E-state index in [1.165, 1.54) is 0 Å². The van der Waals surface area contributed by atoms with Crippen LogP contribution in [0.1, 0.15) is 34.7 Å². The maximum absolute atomic E-state index is 10.5. The summed E-state index contributed by atoms with van der Waals surface area (Å²) >= 11 is 5.78. The van der Waals surface area contributed by atoms with Gasteiger partial charge < -0.3 is 25.0 Å². The molecule has 166 valence electrons. The van der Waals surface area contributed by atoms with Crippen LogP contribution in [0.25, 0.3) is 5.69 Å². The molecule has 5 rings (SSSR count). The van der Waals surface area contributed by atoms with Crippen LogP contribution in [0.15, 0.2) is 79.0 Å². The number of phenolic OH excluding ortho intramolecular Hbond substituents is 2. The first kappa shape index (κ1) is 21.0. The Bertz CT molecular complexity index is 1320. The van der Waals surface area contributed by atoms with Crippen molar-refractivity contribution in [2.45, 2.75) is 25.9 Å². The predicted octanol–water partition coefficient (Wildman–Crippen LogP) is 5.08. The van der Waals surface area contributed by atoms with Crippen molar-refractivity contribution in [2.75, 3.05) is 4.90 Å². The zero-order valence-corrected chi connectivity index (χ0v) is 19.1. The minimum absolute atomic E-state index is 0.175. The topological polar surface area (TPSA) is 73.5 Å². The molecule has 0 aliphatic carbocycles. The monoisotopic (exact) mass is 456 g/mol. The Balaban J connectivity index is 1.69. The molecule has 2 aromatic heterocycles. The summed E-state index contributed by atoms with van der Waals surface area (Å²) in [6.07, 6.45) is 1.78. The number of rotatable bonds is 4. The molecular weight excluding hydrogens is 432 g/mol. The summed E-state index contributed by atoms with van der Waals surface area (Å²) in [4.78, 5) is 6.68. The van der Waals surface area contributed by atoms with Crippen LogP contribution in [0.5, 0.6) is 11.5 Å². The summed E-state index contributed by atoms with van der Waals surface area (Å²) in [7, 11) is 0. The summed E-state index contributed by atoms with van der Waals surface area (Å²) < 4.78 is 2.07. The maximum Gasteiger partial charge on any atom is 0.174 e. The van der Waals surface area contributed by atoms with Crippen molar-refractivity contribution in [3.8, 4) is 17.2 Å². The van der Waals surface area contributed by atoms with Crippen LogP contribution in [-0.4, -0.2) is 24.9 Å². The molecule has 7 heteroatoms. The number of nitrogens with zero attached hydrogens (tertiary/aromatic N) is 3. The maximum atomic E-state index is 10.5. The van der Waals surface area contributed by atoms with Crippen molar-refractivity contribution in [3.63, 3.8) is 0 Å². The number of anilines is 1. The lowest BCUT2D eigenvalue weighted by molar-refractivity contribution is 0.471. The molecule has 0 unspecified atom stereocenters. The third kappa shape index (κ3) is 3.60. The highest BCUT2D eigenvalue weighted by atomic mass is 32.1. The van der Waals surface area contributed by atoms with Crippen molar-refractivity contribution in [1.82, 2.24) is 14.9 Å². The van der Waals surface area contributed by atoms with Crippen LogP contribution >= 0.6 is 12.2 Å². The Morgan fingerprint density at radius 3 is 2.36 bits per heavy atom. The third-order valence-corrected chi connectivity index (χ3v) is 6.45. The Morgan fingerprint density at radius 2 is 1.67 bits per heavy atom. The zero-order chi connectivity index (χ0) is 23.1. The number of thiocarbonyl (C=S) groups is 1. The van der Waals surface area contributed by atoms with E-state index in [-0.39, 0.29) is 23.6 Å². The van der Waals surface area contributed by atoms with Crippen LogP contribution in [0.4, 0.5) is 5.69 Å². The molecule has 0 saturated carbocycles. The van der Waals surface area contributed by atoms with Gasteiger partial charge in [-0.05, 0) is 86.2 Å². The molecule has 4 aromatic rings. The summed E-state index contributed by atoms with van der Waals surface area (Å²) in [6.45, 7) is 4.09. The second-order valence-electron chi connectivity index (χ2n) is 8.16. The van der Waals surface area contributed by atoms with E-state index in [9.17, 15) is 10.2 Å². The molecule has 2 atom stereocenters. The Labute approximate surface area is 197 Å². The van der Waals surface area contributed by atoms with Gasteiger partial charge in [0.1, 0.15) is 11.5 Å². The molecule has 0 radical (unpaired) electrons. The molecule has 1 aliphatic heterocycles. The van der Waals surface area contributed by atoms with Crippen molar-refractivity contribution in [3.05, 3.63) is 102 Å². The third-order valence-electron chi connectivity index (χ3n) is 6.14. The van der Waals surface area contributed by atoms with Crippen LogP contribution in [0.2, 0.25) is 0 Å². The van der Waals surface area contributed by atoms with E-state index in [0.29, 0.717) is 5.11 Å². The Kier molecular flexibility index (Phi) is 5.26. The lowest BCUT2D eigenvalue weighted by Crippen LogP contribution is -2.29. The number of aryl methyl sites for hydroxylation is 1. The predicted molar refractivity (Wildman–Crippen MR) is 133 cm³/mol. The van der Waals surface area contributed by atoms with E-state index in [0.717, 1.165) is 34.0 Å². The quantitative estimate of drug-likeness (QED) is 0.372. The van der Waals surface area contributed by atoms with Crippen LogP contribution < -0.4 is 10.2 Å². The molecule has 33 heavy (non-hydrogen) atoms. The van der Waals surface area contributed by atoms with E-state index in [2.05, 4.69) is 32.8 Å². The molecule has 6 nitrogen and oxygen atoms in total. The minimum atomic E-state index is -0.178. The highest BCUT2D eigenvalue weighted by Gasteiger charge is 2.42. The van der Waals surface area contributed by atoms with Crippen LogP contribution in [0.3, 0.4) is 0 Å². The number of aromatic nitrogens is 2. The molecule has 0 amide bonds. The number of hydrogen-bond donors (Lipinski definition) is 3. The zero-order valence-electron chi connectivity index (χ0n) is 18.3. The molecule has 2 aromatic carbocycles. The fourth-order valence-electron chi connectivity index (χ4n) is 4.67.